The van der Waals surface area contributed by atoms with Crippen molar-refractivity contribution in [2.75, 3.05) is 0 Å². The van der Waals surface area contributed by atoms with Gasteiger partial charge in [0.2, 0.25) is 0 Å². The van der Waals surface area contributed by atoms with Gasteiger partial charge in [0, 0.05) is 11.1 Å². The van der Waals surface area contributed by atoms with E-state index in [0.717, 1.165) is 50.5 Å². The summed E-state index contributed by atoms with van der Waals surface area (Å²) in [5.74, 6) is 0.0618. The molecule has 2 aliphatic rings. The molecule has 2 aromatic carbocycles. The minimum Gasteiger partial charge on any atom is -0.347 e. The van der Waals surface area contributed by atoms with Gasteiger partial charge in [0.25, 0.3) is 11.8 Å². The van der Waals surface area contributed by atoms with Crippen LogP contribution in [0.5, 0.6) is 0 Å². The van der Waals surface area contributed by atoms with Crippen molar-refractivity contribution in [1.29, 1.82) is 0 Å². The van der Waals surface area contributed by atoms with Crippen LogP contribution in [0, 0.1) is 22.6 Å². The molecule has 1 spiro atoms. The van der Waals surface area contributed by atoms with Crippen LogP contribution < -0.4 is 61.9 Å². The van der Waals surface area contributed by atoms with Crippen LogP contribution in [-0.2, 0) is 11.3 Å². The second kappa shape index (κ2) is 14.8. The van der Waals surface area contributed by atoms with Gasteiger partial charge in [-0.15, -0.1) is 0 Å². The van der Waals surface area contributed by atoms with Gasteiger partial charge in [0.05, 0.1) is 18.4 Å². The van der Waals surface area contributed by atoms with E-state index in [2.05, 4.69) is 67.5 Å². The third-order valence-electron chi connectivity index (χ3n) is 9.89. The normalized spacial score (nSPS) is 20.8. The summed E-state index contributed by atoms with van der Waals surface area (Å²) < 4.78 is 14.4. The third-order valence-corrected chi connectivity index (χ3v) is 9.89. The predicted molar refractivity (Wildman–Crippen MR) is 171 cm³/mol. The molecule has 9 nitrogen and oxygen atoms in total. The number of carbonyl (C=O) groups excluding carboxylic acids is 2. The first-order valence-electron chi connectivity index (χ1n) is 16.1. The van der Waals surface area contributed by atoms with E-state index in [1.54, 1.807) is 24.3 Å². The van der Waals surface area contributed by atoms with Gasteiger partial charge in [-0.2, -0.15) is 0 Å². The number of amides is 2. The number of aromatic nitrogens is 4. The summed E-state index contributed by atoms with van der Waals surface area (Å²) in [5.41, 5.74) is 1.81. The van der Waals surface area contributed by atoms with Gasteiger partial charge in [-0.25, -0.2) is 9.49 Å². The van der Waals surface area contributed by atoms with Gasteiger partial charge < -0.3 is 15.3 Å². The fourth-order valence-electron chi connectivity index (χ4n) is 6.74. The zero-order chi connectivity index (χ0) is 32.4. The molecule has 0 unspecified atom stereocenters. The number of rotatable bonds is 10. The Bertz CT molecular complexity index is 1520. The maximum atomic E-state index is 14.5. The van der Waals surface area contributed by atoms with E-state index in [9.17, 15) is 14.0 Å². The van der Waals surface area contributed by atoms with Gasteiger partial charge >= 0.3 is 51.4 Å². The molecule has 1 aliphatic heterocycles. The Morgan fingerprint density at radius 3 is 2.39 bits per heavy atom. The van der Waals surface area contributed by atoms with Crippen LogP contribution in [0.1, 0.15) is 120 Å². The zero-order valence-corrected chi connectivity index (χ0v) is 31.4. The van der Waals surface area contributed by atoms with Crippen molar-refractivity contribution in [1.82, 2.24) is 30.8 Å². The minimum atomic E-state index is -0.709. The second-order valence-electron chi connectivity index (χ2n) is 14.5. The maximum Gasteiger partial charge on any atom is 1.00 e. The number of carbonyl (C=O) groups is 2. The molecule has 5 rings (SSSR count). The molecule has 46 heavy (non-hydrogen) atoms. The summed E-state index contributed by atoms with van der Waals surface area (Å²) in [6, 6.07) is 13.4. The molecule has 1 aromatic heterocycles. The molecule has 11 heteroatoms. The summed E-state index contributed by atoms with van der Waals surface area (Å²) in [4.78, 5) is 34.6. The number of tetrazole rings is 1. The number of benzene rings is 2. The molecule has 0 radical (unpaired) electrons. The standard InChI is InChI=1S/C35H46FN7O2.K/c1-7-34(5,6)26-15-19-35(20-16-26)38-30(25-9-8-10-27(36)21-25)32(45)43(35)28(17-18-33(2,3)4)23-11-13-24(14-12-23)31(44)37-22-29-39-41-42-40-29;/h8-14,21,26,28H,7,15-20,22H2,1-6H3,(H2,37,39,40,41,42,44);/q;+1/p-1/t26?,28-,35?;/m1./s1. The SMILES string of the molecule is CCC(C)(C)C1CCC2(CC1)N=C(c1cccc(F)c1)C(=O)N2[C@H](CCC(C)(C)C)c1ccc(C(=O)NCc2nn[n-]n2)cc1.[K+]. The van der Waals surface area contributed by atoms with Crippen molar-refractivity contribution in [3.8, 4) is 0 Å². The molecule has 1 saturated carbocycles. The first-order chi connectivity index (χ1) is 21.3. The fraction of sp³-hybridized carbons (Fsp3) is 0.543. The van der Waals surface area contributed by atoms with Gasteiger partial charge in [-0.3, -0.25) is 25.0 Å². The summed E-state index contributed by atoms with van der Waals surface area (Å²) in [7, 11) is 0. The minimum absolute atomic E-state index is 0. The summed E-state index contributed by atoms with van der Waals surface area (Å²) in [5, 5.41) is 17.2. The van der Waals surface area contributed by atoms with E-state index in [1.165, 1.54) is 12.1 Å². The Morgan fingerprint density at radius 2 is 1.80 bits per heavy atom. The fourth-order valence-corrected chi connectivity index (χ4v) is 6.74. The number of halogens is 1. The third kappa shape index (κ3) is 8.21. The molecule has 1 atom stereocenters. The van der Waals surface area contributed by atoms with Crippen molar-refractivity contribution >= 4 is 17.5 Å². The van der Waals surface area contributed by atoms with Crippen LogP contribution in [0.2, 0.25) is 0 Å². The number of hydrogen-bond acceptors (Lipinski definition) is 6. The topological polar surface area (TPSA) is 115 Å². The van der Waals surface area contributed by atoms with E-state index >= 15 is 0 Å². The van der Waals surface area contributed by atoms with Crippen molar-refractivity contribution in [3.63, 3.8) is 0 Å². The van der Waals surface area contributed by atoms with E-state index < -0.39 is 5.66 Å². The van der Waals surface area contributed by atoms with Gasteiger partial charge in [-0.1, -0.05) is 72.2 Å². The van der Waals surface area contributed by atoms with E-state index in [1.807, 2.05) is 17.0 Å². The van der Waals surface area contributed by atoms with E-state index in [0.29, 0.717) is 28.6 Å². The molecule has 1 N–H and O–H groups in total. The predicted octanol–water partition coefficient (Wildman–Crippen LogP) is 3.42. The summed E-state index contributed by atoms with van der Waals surface area (Å²) in [6.45, 7) is 13.6. The van der Waals surface area contributed by atoms with Crippen LogP contribution in [0.4, 0.5) is 4.39 Å². The number of nitrogens with one attached hydrogen (secondary N) is 1. The molecule has 2 amide bonds. The Morgan fingerprint density at radius 1 is 1.11 bits per heavy atom. The van der Waals surface area contributed by atoms with Crippen LogP contribution in [0.25, 0.3) is 0 Å². The van der Waals surface area contributed by atoms with Gasteiger partial charge in [0.1, 0.15) is 17.2 Å². The molecule has 240 valence electrons. The van der Waals surface area contributed by atoms with E-state index in [4.69, 9.17) is 4.99 Å². The first kappa shape index (κ1) is 36.5. The van der Waals surface area contributed by atoms with Crippen molar-refractivity contribution in [3.05, 3.63) is 76.9 Å². The molecule has 1 fully saturated rings. The molecular weight excluding hydrogens is 609 g/mol. The Kier molecular flexibility index (Phi) is 11.8. The number of hydrogen-bond donors (Lipinski definition) is 1. The average molecular weight is 654 g/mol. The van der Waals surface area contributed by atoms with Crippen molar-refractivity contribution < 1.29 is 65.4 Å². The van der Waals surface area contributed by atoms with Crippen LogP contribution >= 0.6 is 0 Å². The maximum absolute atomic E-state index is 14.5. The van der Waals surface area contributed by atoms with Crippen LogP contribution in [-0.4, -0.2) is 43.5 Å². The molecule has 2 heterocycles. The van der Waals surface area contributed by atoms with Gasteiger partial charge in [-0.05, 0) is 85.1 Å². The smallest absolute Gasteiger partial charge is 0.347 e. The quantitative estimate of drug-likeness (QED) is 0.336. The van der Waals surface area contributed by atoms with Gasteiger partial charge in [0.15, 0.2) is 0 Å². The van der Waals surface area contributed by atoms with Crippen LogP contribution in [0.15, 0.2) is 53.5 Å². The summed E-state index contributed by atoms with van der Waals surface area (Å²) in [6.07, 6.45) is 6.14. The molecular formula is C35H45FKN7O2. The largest absolute Gasteiger partial charge is 1.00 e. The Labute approximate surface area is 314 Å². The van der Waals surface area contributed by atoms with E-state index in [-0.39, 0.29) is 92.4 Å². The Hall–Kier alpha value is -2.31. The Balaban J connectivity index is 0.00000480. The molecule has 1 aliphatic carbocycles. The summed E-state index contributed by atoms with van der Waals surface area (Å²) >= 11 is 0. The van der Waals surface area contributed by atoms with Crippen molar-refractivity contribution in [2.45, 2.75) is 105 Å². The van der Waals surface area contributed by atoms with Crippen LogP contribution in [0.3, 0.4) is 0 Å². The van der Waals surface area contributed by atoms with Crippen molar-refractivity contribution in [2.24, 2.45) is 21.7 Å². The monoisotopic (exact) mass is 653 g/mol. The molecule has 3 aromatic rings. The zero-order valence-electron chi connectivity index (χ0n) is 28.3. The molecule has 0 saturated heterocycles. The average Bonchev–Trinajstić information content (AvgIpc) is 3.63. The number of nitrogens with zero attached hydrogens (tertiary/aromatic N) is 6. The molecule has 0 bridgehead atoms. The first-order valence-corrected chi connectivity index (χ1v) is 16.1. The number of aliphatic imine (C=N–C) groups is 1. The second-order valence-corrected chi connectivity index (χ2v) is 14.5.